The van der Waals surface area contributed by atoms with Gasteiger partial charge in [0.2, 0.25) is 0 Å². The highest BCUT2D eigenvalue weighted by molar-refractivity contribution is 9.10. The van der Waals surface area contributed by atoms with Crippen molar-refractivity contribution in [3.05, 3.63) is 46.1 Å². The van der Waals surface area contributed by atoms with Crippen molar-refractivity contribution in [2.45, 2.75) is 13.3 Å². The van der Waals surface area contributed by atoms with Crippen LogP contribution in [0, 0.1) is 0 Å². The molecule has 17 heavy (non-hydrogen) atoms. The van der Waals surface area contributed by atoms with Crippen molar-refractivity contribution >= 4 is 32.9 Å². The van der Waals surface area contributed by atoms with E-state index in [0.717, 1.165) is 32.9 Å². The van der Waals surface area contributed by atoms with E-state index in [2.05, 4.69) is 20.9 Å². The van der Waals surface area contributed by atoms with Crippen LogP contribution in [0.5, 0.6) is 0 Å². The number of halogens is 1. The van der Waals surface area contributed by atoms with E-state index in [1.165, 1.54) is 0 Å². The van der Waals surface area contributed by atoms with Crippen molar-refractivity contribution < 1.29 is 5.11 Å². The van der Waals surface area contributed by atoms with Crippen molar-refractivity contribution in [3.63, 3.8) is 0 Å². The maximum Gasteiger partial charge on any atom is 0.0785 e. The second kappa shape index (κ2) is 5.43. The Morgan fingerprint density at radius 1 is 1.41 bits per heavy atom. The third kappa shape index (κ3) is 2.56. The SMILES string of the molecule is CC/C(=C/c1ccc(Br)c2cccnc12)CO. The van der Waals surface area contributed by atoms with Gasteiger partial charge >= 0.3 is 0 Å². The molecule has 1 aromatic heterocycles. The van der Waals surface area contributed by atoms with Gasteiger partial charge in [0.25, 0.3) is 0 Å². The number of benzene rings is 1. The van der Waals surface area contributed by atoms with Gasteiger partial charge in [0.05, 0.1) is 12.1 Å². The highest BCUT2D eigenvalue weighted by Crippen LogP contribution is 2.26. The van der Waals surface area contributed by atoms with E-state index in [9.17, 15) is 5.11 Å². The molecule has 0 aliphatic heterocycles. The van der Waals surface area contributed by atoms with Crippen molar-refractivity contribution in [1.82, 2.24) is 4.98 Å². The molecule has 0 bridgehead atoms. The normalized spacial score (nSPS) is 12.1. The topological polar surface area (TPSA) is 33.1 Å². The van der Waals surface area contributed by atoms with Gasteiger partial charge < -0.3 is 5.11 Å². The van der Waals surface area contributed by atoms with E-state index in [1.54, 1.807) is 6.20 Å². The molecule has 2 nitrogen and oxygen atoms in total. The molecule has 0 saturated heterocycles. The lowest BCUT2D eigenvalue weighted by molar-refractivity contribution is 0.329. The summed E-state index contributed by atoms with van der Waals surface area (Å²) in [7, 11) is 0. The predicted octanol–water partition coefficient (Wildman–Crippen LogP) is 3.78. The van der Waals surface area contributed by atoms with Gasteiger partial charge in [-0.25, -0.2) is 0 Å². The summed E-state index contributed by atoms with van der Waals surface area (Å²) in [5.74, 6) is 0. The summed E-state index contributed by atoms with van der Waals surface area (Å²) in [6.07, 6.45) is 4.65. The Morgan fingerprint density at radius 2 is 2.24 bits per heavy atom. The van der Waals surface area contributed by atoms with Crippen LogP contribution < -0.4 is 0 Å². The van der Waals surface area contributed by atoms with Gasteiger partial charge in [0.1, 0.15) is 0 Å². The summed E-state index contributed by atoms with van der Waals surface area (Å²) in [6.45, 7) is 2.14. The lowest BCUT2D eigenvalue weighted by Gasteiger charge is -2.05. The molecule has 0 saturated carbocycles. The van der Waals surface area contributed by atoms with Gasteiger partial charge in [-0.2, -0.15) is 0 Å². The Labute approximate surface area is 109 Å². The third-order valence-corrected chi connectivity index (χ3v) is 3.46. The third-order valence-electron chi connectivity index (χ3n) is 2.76. The monoisotopic (exact) mass is 291 g/mol. The number of aliphatic hydroxyl groups is 1. The van der Waals surface area contributed by atoms with Crippen LogP contribution in [0.1, 0.15) is 18.9 Å². The fourth-order valence-corrected chi connectivity index (χ4v) is 2.21. The molecule has 0 aliphatic rings. The minimum atomic E-state index is 0.0981. The predicted molar refractivity (Wildman–Crippen MR) is 74.8 cm³/mol. The second-order valence-electron chi connectivity index (χ2n) is 3.85. The fraction of sp³-hybridized carbons (Fsp3) is 0.214. The highest BCUT2D eigenvalue weighted by atomic mass is 79.9. The first-order chi connectivity index (χ1) is 8.26. The minimum absolute atomic E-state index is 0.0981. The molecule has 1 heterocycles. The molecular formula is C14H14BrNO. The van der Waals surface area contributed by atoms with Crippen molar-refractivity contribution in [2.24, 2.45) is 0 Å². The number of aliphatic hydroxyl groups excluding tert-OH is 1. The first-order valence-electron chi connectivity index (χ1n) is 5.59. The number of nitrogens with zero attached hydrogens (tertiary/aromatic N) is 1. The van der Waals surface area contributed by atoms with Gasteiger partial charge in [-0.05, 0) is 24.1 Å². The number of aromatic nitrogens is 1. The fourth-order valence-electron chi connectivity index (χ4n) is 1.76. The van der Waals surface area contributed by atoms with Crippen LogP contribution in [0.2, 0.25) is 0 Å². The Hall–Kier alpha value is -1.19. The van der Waals surface area contributed by atoms with Crippen LogP contribution in [-0.4, -0.2) is 16.7 Å². The lowest BCUT2D eigenvalue weighted by Crippen LogP contribution is -1.90. The van der Waals surface area contributed by atoms with E-state index in [-0.39, 0.29) is 6.61 Å². The maximum absolute atomic E-state index is 9.22. The summed E-state index contributed by atoms with van der Waals surface area (Å²) in [5.41, 5.74) is 3.02. The quantitative estimate of drug-likeness (QED) is 0.933. The molecule has 2 rings (SSSR count). The summed E-state index contributed by atoms with van der Waals surface area (Å²) >= 11 is 3.52. The number of fused-ring (bicyclic) bond motifs is 1. The van der Waals surface area contributed by atoms with E-state index in [4.69, 9.17) is 0 Å². The van der Waals surface area contributed by atoms with Gasteiger partial charge in [0.15, 0.2) is 0 Å². The van der Waals surface area contributed by atoms with Crippen LogP contribution in [0.15, 0.2) is 40.5 Å². The molecule has 88 valence electrons. The average molecular weight is 292 g/mol. The van der Waals surface area contributed by atoms with E-state index < -0.39 is 0 Å². The van der Waals surface area contributed by atoms with Crippen LogP contribution in [-0.2, 0) is 0 Å². The Kier molecular flexibility index (Phi) is 3.92. The Morgan fingerprint density at radius 3 is 2.94 bits per heavy atom. The number of hydrogen-bond donors (Lipinski definition) is 1. The number of rotatable bonds is 3. The lowest BCUT2D eigenvalue weighted by atomic mass is 10.1. The Balaban J connectivity index is 2.63. The standard InChI is InChI=1S/C14H14BrNO/c1-2-10(9-17)8-11-5-6-13(15)12-4-3-7-16-14(11)12/h3-8,17H,2,9H2,1H3/b10-8-. The van der Waals surface area contributed by atoms with Crippen molar-refractivity contribution in [3.8, 4) is 0 Å². The molecule has 3 heteroatoms. The molecule has 0 spiro atoms. The molecular weight excluding hydrogens is 278 g/mol. The molecule has 0 amide bonds. The average Bonchev–Trinajstić information content (AvgIpc) is 2.38. The number of pyridine rings is 1. The zero-order valence-electron chi connectivity index (χ0n) is 9.65. The van der Waals surface area contributed by atoms with Gasteiger partial charge in [-0.15, -0.1) is 0 Å². The molecule has 0 radical (unpaired) electrons. The largest absolute Gasteiger partial charge is 0.392 e. The van der Waals surface area contributed by atoms with Gasteiger partial charge in [0, 0.05) is 21.6 Å². The summed E-state index contributed by atoms with van der Waals surface area (Å²) < 4.78 is 1.04. The first kappa shape index (κ1) is 12.3. The van der Waals surface area contributed by atoms with E-state index in [0.29, 0.717) is 0 Å². The zero-order chi connectivity index (χ0) is 12.3. The molecule has 0 unspecified atom stereocenters. The highest BCUT2D eigenvalue weighted by Gasteiger charge is 2.04. The summed E-state index contributed by atoms with van der Waals surface area (Å²) in [5, 5.41) is 10.3. The van der Waals surface area contributed by atoms with E-state index >= 15 is 0 Å². The van der Waals surface area contributed by atoms with Gasteiger partial charge in [-0.3, -0.25) is 4.98 Å². The molecule has 0 aliphatic carbocycles. The zero-order valence-corrected chi connectivity index (χ0v) is 11.2. The summed E-state index contributed by atoms with van der Waals surface area (Å²) in [4.78, 5) is 4.41. The summed E-state index contributed by atoms with van der Waals surface area (Å²) in [6, 6.07) is 7.99. The number of hydrogen-bond acceptors (Lipinski definition) is 2. The smallest absolute Gasteiger partial charge is 0.0785 e. The molecule has 0 fully saturated rings. The molecule has 0 atom stereocenters. The maximum atomic E-state index is 9.22. The van der Waals surface area contributed by atoms with Gasteiger partial charge in [-0.1, -0.05) is 41.1 Å². The van der Waals surface area contributed by atoms with Crippen molar-refractivity contribution in [1.29, 1.82) is 0 Å². The molecule has 2 aromatic rings. The first-order valence-corrected chi connectivity index (χ1v) is 6.39. The van der Waals surface area contributed by atoms with Crippen LogP contribution >= 0.6 is 15.9 Å². The van der Waals surface area contributed by atoms with Crippen LogP contribution in [0.4, 0.5) is 0 Å². The van der Waals surface area contributed by atoms with Crippen LogP contribution in [0.25, 0.3) is 17.0 Å². The molecule has 1 aromatic carbocycles. The minimum Gasteiger partial charge on any atom is -0.392 e. The van der Waals surface area contributed by atoms with E-state index in [1.807, 2.05) is 37.3 Å². The second-order valence-corrected chi connectivity index (χ2v) is 4.70. The van der Waals surface area contributed by atoms with Crippen molar-refractivity contribution in [2.75, 3.05) is 6.61 Å². The molecule has 1 N–H and O–H groups in total. The Bertz CT molecular complexity index is 557. The van der Waals surface area contributed by atoms with Crippen LogP contribution in [0.3, 0.4) is 0 Å².